The van der Waals surface area contributed by atoms with E-state index in [2.05, 4.69) is 24.5 Å². The largest absolute Gasteiger partial charge is 0.352 e. The molecule has 0 saturated carbocycles. The van der Waals surface area contributed by atoms with Crippen LogP contribution in [0.2, 0.25) is 0 Å². The van der Waals surface area contributed by atoms with Gasteiger partial charge in [0, 0.05) is 6.04 Å². The molecule has 0 bridgehead atoms. The summed E-state index contributed by atoms with van der Waals surface area (Å²) in [6.45, 7) is 5.99. The zero-order valence-corrected chi connectivity index (χ0v) is 15.7. The molecule has 6 nitrogen and oxygen atoms in total. The molecule has 2 N–H and O–H groups in total. The van der Waals surface area contributed by atoms with Crippen molar-refractivity contribution in [1.82, 2.24) is 15.5 Å². The Morgan fingerprint density at radius 3 is 2.69 bits per heavy atom. The lowest BCUT2D eigenvalue weighted by molar-refractivity contribution is -0.135. The molecule has 0 radical (unpaired) electrons. The van der Waals surface area contributed by atoms with Gasteiger partial charge < -0.3 is 10.6 Å². The van der Waals surface area contributed by atoms with Crippen LogP contribution in [0.3, 0.4) is 0 Å². The fourth-order valence-corrected chi connectivity index (χ4v) is 3.85. The van der Waals surface area contributed by atoms with Gasteiger partial charge in [-0.15, -0.1) is 0 Å². The van der Waals surface area contributed by atoms with Crippen LogP contribution in [0, 0.1) is 5.92 Å². The Kier molecular flexibility index (Phi) is 5.03. The minimum absolute atomic E-state index is 0.0202. The normalized spacial score (nSPS) is 22.7. The second-order valence-electron chi connectivity index (χ2n) is 7.82. The maximum Gasteiger partial charge on any atom is 0.325 e. The van der Waals surface area contributed by atoms with Crippen LogP contribution in [-0.4, -0.2) is 35.3 Å². The van der Waals surface area contributed by atoms with E-state index in [1.807, 2.05) is 31.2 Å². The van der Waals surface area contributed by atoms with Gasteiger partial charge in [0.25, 0.3) is 5.91 Å². The summed E-state index contributed by atoms with van der Waals surface area (Å²) in [7, 11) is 0. The lowest BCUT2D eigenvalue weighted by atomic mass is 9.92. The number of urea groups is 1. The molecule has 2 atom stereocenters. The number of hydrogen-bond acceptors (Lipinski definition) is 3. The van der Waals surface area contributed by atoms with E-state index in [4.69, 9.17) is 0 Å². The van der Waals surface area contributed by atoms with Gasteiger partial charge in [-0.25, -0.2) is 4.79 Å². The summed E-state index contributed by atoms with van der Waals surface area (Å²) >= 11 is 0. The fraction of sp³-hybridized carbons (Fsp3) is 0.550. The average molecular weight is 357 g/mol. The first-order valence-electron chi connectivity index (χ1n) is 9.35. The summed E-state index contributed by atoms with van der Waals surface area (Å²) < 4.78 is 0. The van der Waals surface area contributed by atoms with Gasteiger partial charge >= 0.3 is 6.03 Å². The standard InChI is InChI=1S/C20H27N3O3/c1-13(2)8-9-14(3)21-17(24)12-23-18(25)20(22-19(23)26)11-10-15-6-4-5-7-16(15)20/h4-7,13-14H,8-12H2,1-3H3,(H,21,24)(H,22,26). The van der Waals surface area contributed by atoms with Crippen LogP contribution in [0.15, 0.2) is 24.3 Å². The van der Waals surface area contributed by atoms with Crippen LogP contribution in [0.4, 0.5) is 4.79 Å². The van der Waals surface area contributed by atoms with Crippen molar-refractivity contribution in [2.75, 3.05) is 6.54 Å². The van der Waals surface area contributed by atoms with E-state index in [0.717, 1.165) is 35.3 Å². The molecule has 1 spiro atoms. The maximum absolute atomic E-state index is 13.0. The Morgan fingerprint density at radius 2 is 1.96 bits per heavy atom. The first-order valence-corrected chi connectivity index (χ1v) is 9.35. The Morgan fingerprint density at radius 1 is 1.23 bits per heavy atom. The molecule has 3 rings (SSSR count). The van der Waals surface area contributed by atoms with Gasteiger partial charge in [-0.2, -0.15) is 0 Å². The third-order valence-electron chi connectivity index (χ3n) is 5.31. The Bertz CT molecular complexity index is 731. The van der Waals surface area contributed by atoms with Crippen molar-refractivity contribution in [1.29, 1.82) is 0 Å². The third-order valence-corrected chi connectivity index (χ3v) is 5.31. The van der Waals surface area contributed by atoms with Gasteiger partial charge in [0.05, 0.1) is 0 Å². The first-order chi connectivity index (χ1) is 12.3. The van der Waals surface area contributed by atoms with Crippen LogP contribution in [0.25, 0.3) is 0 Å². The molecule has 0 aromatic heterocycles. The highest BCUT2D eigenvalue weighted by Crippen LogP contribution is 2.41. The van der Waals surface area contributed by atoms with E-state index in [1.54, 1.807) is 0 Å². The predicted molar refractivity (Wildman–Crippen MR) is 98.4 cm³/mol. The molecule has 2 aliphatic rings. The highest BCUT2D eigenvalue weighted by atomic mass is 16.2. The van der Waals surface area contributed by atoms with E-state index in [9.17, 15) is 14.4 Å². The van der Waals surface area contributed by atoms with Crippen molar-refractivity contribution < 1.29 is 14.4 Å². The lowest BCUT2D eigenvalue weighted by Gasteiger charge is -2.22. The summed E-state index contributed by atoms with van der Waals surface area (Å²) in [6, 6.07) is 7.20. The number of benzene rings is 1. The molecule has 26 heavy (non-hydrogen) atoms. The number of amides is 4. The molecule has 1 saturated heterocycles. The zero-order chi connectivity index (χ0) is 18.9. The number of fused-ring (bicyclic) bond motifs is 2. The molecule has 6 heteroatoms. The average Bonchev–Trinajstić information content (AvgIpc) is 3.07. The van der Waals surface area contributed by atoms with Crippen LogP contribution in [-0.2, 0) is 21.5 Å². The molecule has 1 aliphatic heterocycles. The molecular formula is C20H27N3O3. The number of nitrogens with zero attached hydrogens (tertiary/aromatic N) is 1. The van der Waals surface area contributed by atoms with Gasteiger partial charge in [-0.05, 0) is 49.7 Å². The lowest BCUT2D eigenvalue weighted by Crippen LogP contribution is -2.45. The predicted octanol–water partition coefficient (Wildman–Crippen LogP) is 2.32. The number of imide groups is 1. The quantitative estimate of drug-likeness (QED) is 0.767. The monoisotopic (exact) mass is 357 g/mol. The van der Waals surface area contributed by atoms with E-state index in [0.29, 0.717) is 12.3 Å². The fourth-order valence-electron chi connectivity index (χ4n) is 3.85. The molecule has 1 aromatic rings. The zero-order valence-electron chi connectivity index (χ0n) is 15.7. The SMILES string of the molecule is CC(C)CCC(C)NC(=O)CN1C(=O)NC2(CCc3ccccc32)C1=O. The summed E-state index contributed by atoms with van der Waals surface area (Å²) in [5.41, 5.74) is 0.929. The smallest absolute Gasteiger partial charge is 0.325 e. The van der Waals surface area contributed by atoms with Crippen molar-refractivity contribution in [2.45, 2.75) is 58.0 Å². The number of carbonyl (C=O) groups is 3. The van der Waals surface area contributed by atoms with Crippen LogP contribution < -0.4 is 10.6 Å². The molecular weight excluding hydrogens is 330 g/mol. The molecule has 1 aliphatic carbocycles. The highest BCUT2D eigenvalue weighted by Gasteiger charge is 2.55. The van der Waals surface area contributed by atoms with Crippen molar-refractivity contribution in [3.8, 4) is 0 Å². The van der Waals surface area contributed by atoms with Crippen LogP contribution in [0.5, 0.6) is 0 Å². The number of nitrogens with one attached hydrogen (secondary N) is 2. The van der Waals surface area contributed by atoms with Crippen LogP contribution >= 0.6 is 0 Å². The molecule has 140 valence electrons. The van der Waals surface area contributed by atoms with Gasteiger partial charge in [0.15, 0.2) is 0 Å². The number of carbonyl (C=O) groups excluding carboxylic acids is 3. The molecule has 1 fully saturated rings. The van der Waals surface area contributed by atoms with Crippen molar-refractivity contribution in [2.24, 2.45) is 5.92 Å². The summed E-state index contributed by atoms with van der Waals surface area (Å²) in [5.74, 6) is -0.0481. The van der Waals surface area contributed by atoms with Crippen molar-refractivity contribution in [3.63, 3.8) is 0 Å². The second-order valence-corrected chi connectivity index (χ2v) is 7.82. The summed E-state index contributed by atoms with van der Waals surface area (Å²) in [5, 5.41) is 5.73. The maximum atomic E-state index is 13.0. The number of aryl methyl sites for hydroxylation is 1. The van der Waals surface area contributed by atoms with E-state index < -0.39 is 11.6 Å². The molecule has 1 heterocycles. The minimum Gasteiger partial charge on any atom is -0.352 e. The number of rotatable bonds is 6. The number of hydrogen-bond donors (Lipinski definition) is 2. The van der Waals surface area contributed by atoms with Crippen molar-refractivity contribution in [3.05, 3.63) is 35.4 Å². The molecule has 4 amide bonds. The third kappa shape index (κ3) is 3.32. The van der Waals surface area contributed by atoms with Crippen LogP contribution in [0.1, 0.15) is 51.2 Å². The van der Waals surface area contributed by atoms with E-state index in [-0.39, 0.29) is 24.4 Å². The Balaban J connectivity index is 1.66. The van der Waals surface area contributed by atoms with E-state index in [1.165, 1.54) is 0 Å². The summed E-state index contributed by atoms with van der Waals surface area (Å²) in [6.07, 6.45) is 3.18. The van der Waals surface area contributed by atoms with Gasteiger partial charge in [-0.1, -0.05) is 38.1 Å². The first kappa shape index (κ1) is 18.4. The Labute approximate surface area is 154 Å². The minimum atomic E-state index is -1.00. The van der Waals surface area contributed by atoms with Gasteiger partial charge in [-0.3, -0.25) is 14.5 Å². The Hall–Kier alpha value is -2.37. The molecule has 2 unspecified atom stereocenters. The molecule has 1 aromatic carbocycles. The van der Waals surface area contributed by atoms with Crippen molar-refractivity contribution >= 4 is 17.8 Å². The second kappa shape index (κ2) is 7.09. The topological polar surface area (TPSA) is 78.5 Å². The highest BCUT2D eigenvalue weighted by molar-refractivity contribution is 6.09. The van der Waals surface area contributed by atoms with Gasteiger partial charge in [0.2, 0.25) is 5.91 Å². The summed E-state index contributed by atoms with van der Waals surface area (Å²) in [4.78, 5) is 38.8. The van der Waals surface area contributed by atoms with E-state index >= 15 is 0 Å². The van der Waals surface area contributed by atoms with Gasteiger partial charge in [0.1, 0.15) is 12.1 Å².